The highest BCUT2D eigenvalue weighted by Gasteiger charge is 2.07. The Balaban J connectivity index is 2.02. The van der Waals surface area contributed by atoms with Gasteiger partial charge in [-0.2, -0.15) is 0 Å². The van der Waals surface area contributed by atoms with E-state index < -0.39 is 0 Å². The van der Waals surface area contributed by atoms with Crippen molar-refractivity contribution >= 4 is 22.7 Å². The van der Waals surface area contributed by atoms with Gasteiger partial charge in [-0.05, 0) is 35.0 Å². The van der Waals surface area contributed by atoms with Gasteiger partial charge in [-0.15, -0.1) is 22.7 Å². The highest BCUT2D eigenvalue weighted by atomic mass is 32.1. The van der Waals surface area contributed by atoms with Crippen molar-refractivity contribution in [2.45, 2.75) is 0 Å². The van der Waals surface area contributed by atoms with Crippen LogP contribution in [0.15, 0.2) is 51.6 Å². The van der Waals surface area contributed by atoms with Crippen LogP contribution in [0.2, 0.25) is 0 Å². The third kappa shape index (κ3) is 1.64. The summed E-state index contributed by atoms with van der Waals surface area (Å²) in [6.45, 7) is 0. The molecule has 0 aliphatic carbocycles. The van der Waals surface area contributed by atoms with Gasteiger partial charge in [0.25, 0.3) is 0 Å². The zero-order valence-corrected chi connectivity index (χ0v) is 9.48. The lowest BCUT2D eigenvalue weighted by Crippen LogP contribution is -1.62. The fourth-order valence-corrected chi connectivity index (χ4v) is 2.81. The summed E-state index contributed by atoms with van der Waals surface area (Å²) in [5, 5.41) is 4.12. The van der Waals surface area contributed by atoms with Crippen molar-refractivity contribution in [1.82, 2.24) is 0 Å². The van der Waals surface area contributed by atoms with Crippen LogP contribution in [0.1, 0.15) is 0 Å². The molecular weight excluding hydrogens is 224 g/mol. The lowest BCUT2D eigenvalue weighted by atomic mass is 10.3. The maximum atomic E-state index is 5.79. The summed E-state index contributed by atoms with van der Waals surface area (Å²) in [4.78, 5) is 2.36. The second-order valence-corrected chi connectivity index (χ2v) is 5.01. The second kappa shape index (κ2) is 3.68. The molecule has 0 aromatic carbocycles. The first-order chi connectivity index (χ1) is 7.43. The van der Waals surface area contributed by atoms with Crippen LogP contribution in [0, 0.1) is 0 Å². The van der Waals surface area contributed by atoms with Crippen LogP contribution in [0.5, 0.6) is 0 Å². The van der Waals surface area contributed by atoms with Gasteiger partial charge in [-0.3, -0.25) is 0 Å². The summed E-state index contributed by atoms with van der Waals surface area (Å²) in [6, 6.07) is 12.3. The molecule has 0 amide bonds. The molecule has 0 atom stereocenters. The average Bonchev–Trinajstić information content (AvgIpc) is 3.02. The number of hydrogen-bond acceptors (Lipinski definition) is 3. The highest BCUT2D eigenvalue weighted by molar-refractivity contribution is 7.13. The molecule has 0 saturated heterocycles. The van der Waals surface area contributed by atoms with E-state index >= 15 is 0 Å². The van der Waals surface area contributed by atoms with Gasteiger partial charge in [0.05, 0.1) is 9.75 Å². The number of hydrogen-bond donors (Lipinski definition) is 0. The van der Waals surface area contributed by atoms with E-state index in [-0.39, 0.29) is 0 Å². The third-order valence-corrected chi connectivity index (χ3v) is 3.90. The zero-order valence-electron chi connectivity index (χ0n) is 7.84. The number of furan rings is 1. The Kier molecular flexibility index (Phi) is 2.19. The predicted molar refractivity (Wildman–Crippen MR) is 65.3 cm³/mol. The summed E-state index contributed by atoms with van der Waals surface area (Å²) in [7, 11) is 0. The van der Waals surface area contributed by atoms with Gasteiger partial charge in [-0.25, -0.2) is 0 Å². The van der Waals surface area contributed by atoms with Gasteiger partial charge in [0.2, 0.25) is 0 Å². The van der Waals surface area contributed by atoms with Gasteiger partial charge in [-0.1, -0.05) is 12.1 Å². The van der Waals surface area contributed by atoms with Crippen LogP contribution in [-0.2, 0) is 0 Å². The van der Waals surface area contributed by atoms with Crippen LogP contribution in [0.25, 0.3) is 21.3 Å². The average molecular weight is 232 g/mol. The number of rotatable bonds is 2. The molecule has 3 heterocycles. The molecule has 3 heteroatoms. The summed E-state index contributed by atoms with van der Waals surface area (Å²) in [6.07, 6.45) is 0. The topological polar surface area (TPSA) is 13.1 Å². The molecule has 0 bridgehead atoms. The lowest BCUT2D eigenvalue weighted by Gasteiger charge is -1.91. The van der Waals surface area contributed by atoms with Crippen molar-refractivity contribution in [2.24, 2.45) is 0 Å². The van der Waals surface area contributed by atoms with E-state index in [9.17, 15) is 0 Å². The fraction of sp³-hybridized carbons (Fsp3) is 0. The standard InChI is InChI=1S/C12H8OS2/c1-3-11(14-7-1)9-5-6-10(13-9)12-4-2-8-15-12/h1-8H. The van der Waals surface area contributed by atoms with Crippen molar-refractivity contribution in [3.05, 3.63) is 47.2 Å². The molecule has 15 heavy (non-hydrogen) atoms. The molecular formula is C12H8OS2. The van der Waals surface area contributed by atoms with E-state index in [0.29, 0.717) is 0 Å². The molecule has 0 aliphatic rings. The molecule has 74 valence electrons. The Bertz CT molecular complexity index is 483. The summed E-state index contributed by atoms with van der Waals surface area (Å²) >= 11 is 3.39. The monoisotopic (exact) mass is 232 g/mol. The Labute approximate surface area is 95.6 Å². The SMILES string of the molecule is c1csc(-c2ccc(-c3cccs3)o2)c1. The normalized spacial score (nSPS) is 10.7. The van der Waals surface area contributed by atoms with Gasteiger partial charge < -0.3 is 4.42 Å². The first kappa shape index (κ1) is 8.95. The van der Waals surface area contributed by atoms with Crippen LogP contribution < -0.4 is 0 Å². The van der Waals surface area contributed by atoms with Crippen molar-refractivity contribution in [3.8, 4) is 21.3 Å². The number of thiophene rings is 2. The van der Waals surface area contributed by atoms with E-state index in [1.807, 2.05) is 24.3 Å². The van der Waals surface area contributed by atoms with Gasteiger partial charge in [0, 0.05) is 0 Å². The van der Waals surface area contributed by atoms with E-state index in [1.54, 1.807) is 22.7 Å². The van der Waals surface area contributed by atoms with Crippen molar-refractivity contribution in [2.75, 3.05) is 0 Å². The molecule has 0 saturated carbocycles. The smallest absolute Gasteiger partial charge is 0.144 e. The minimum atomic E-state index is 0.952. The fourth-order valence-electron chi connectivity index (χ4n) is 1.44. The van der Waals surface area contributed by atoms with Crippen LogP contribution in [-0.4, -0.2) is 0 Å². The first-order valence-corrected chi connectivity index (χ1v) is 6.37. The van der Waals surface area contributed by atoms with E-state index in [2.05, 4.69) is 22.9 Å². The quantitative estimate of drug-likeness (QED) is 0.622. The first-order valence-electron chi connectivity index (χ1n) is 4.61. The van der Waals surface area contributed by atoms with Crippen molar-refractivity contribution in [3.63, 3.8) is 0 Å². The summed E-state index contributed by atoms with van der Waals surface area (Å²) in [5.41, 5.74) is 0. The molecule has 3 aromatic heterocycles. The van der Waals surface area contributed by atoms with Gasteiger partial charge in [0.1, 0.15) is 11.5 Å². The highest BCUT2D eigenvalue weighted by Crippen LogP contribution is 2.32. The zero-order chi connectivity index (χ0) is 10.1. The van der Waals surface area contributed by atoms with Crippen LogP contribution in [0.3, 0.4) is 0 Å². The minimum absolute atomic E-state index is 0.952. The third-order valence-electron chi connectivity index (χ3n) is 2.13. The van der Waals surface area contributed by atoms with E-state index in [4.69, 9.17) is 4.42 Å². The maximum Gasteiger partial charge on any atom is 0.144 e. The maximum absolute atomic E-state index is 5.79. The Morgan fingerprint density at radius 2 is 1.27 bits per heavy atom. The molecule has 1 nitrogen and oxygen atoms in total. The Hall–Kier alpha value is -1.32. The summed E-state index contributed by atoms with van der Waals surface area (Å²) < 4.78 is 5.79. The minimum Gasteiger partial charge on any atom is -0.454 e. The van der Waals surface area contributed by atoms with Gasteiger partial charge in [0.15, 0.2) is 0 Å². The molecule has 3 rings (SSSR count). The van der Waals surface area contributed by atoms with Crippen molar-refractivity contribution < 1.29 is 4.42 Å². The largest absolute Gasteiger partial charge is 0.454 e. The molecule has 0 aliphatic heterocycles. The van der Waals surface area contributed by atoms with Crippen LogP contribution >= 0.6 is 22.7 Å². The second-order valence-electron chi connectivity index (χ2n) is 3.12. The Morgan fingerprint density at radius 1 is 0.733 bits per heavy atom. The Morgan fingerprint density at radius 3 is 1.67 bits per heavy atom. The molecule has 0 spiro atoms. The van der Waals surface area contributed by atoms with E-state index in [0.717, 1.165) is 11.5 Å². The van der Waals surface area contributed by atoms with Gasteiger partial charge >= 0.3 is 0 Å². The molecule has 0 N–H and O–H groups in total. The molecule has 0 fully saturated rings. The summed E-state index contributed by atoms with van der Waals surface area (Å²) in [5.74, 6) is 1.90. The molecule has 0 radical (unpaired) electrons. The lowest BCUT2D eigenvalue weighted by molar-refractivity contribution is 0.600. The predicted octanol–water partition coefficient (Wildman–Crippen LogP) is 4.74. The van der Waals surface area contributed by atoms with E-state index in [1.165, 1.54) is 9.75 Å². The molecule has 0 unspecified atom stereocenters. The van der Waals surface area contributed by atoms with Crippen molar-refractivity contribution in [1.29, 1.82) is 0 Å². The van der Waals surface area contributed by atoms with Crippen LogP contribution in [0.4, 0.5) is 0 Å². The molecule has 3 aromatic rings.